The first-order valence-corrected chi connectivity index (χ1v) is 7.44. The van der Waals surface area contributed by atoms with E-state index in [1.165, 1.54) is 6.20 Å². The summed E-state index contributed by atoms with van der Waals surface area (Å²) in [4.78, 5) is 4.04. The minimum absolute atomic E-state index is 0.0565. The molecule has 1 aromatic rings. The Labute approximate surface area is 110 Å². The summed E-state index contributed by atoms with van der Waals surface area (Å²) in [7, 11) is -3.50. The third kappa shape index (κ3) is 4.74. The Morgan fingerprint density at radius 1 is 1.22 bits per heavy atom. The minimum Gasteiger partial charge on any atom is -0.263 e. The molecule has 0 amide bonds. The van der Waals surface area contributed by atoms with Crippen molar-refractivity contribution in [2.75, 3.05) is 0 Å². The molecule has 1 aromatic heterocycles. The fourth-order valence-electron chi connectivity index (χ4n) is 2.29. The second-order valence-corrected chi connectivity index (χ2v) is 8.10. The van der Waals surface area contributed by atoms with Crippen molar-refractivity contribution in [2.45, 2.75) is 51.5 Å². The zero-order valence-electron chi connectivity index (χ0n) is 11.7. The van der Waals surface area contributed by atoms with E-state index in [1.807, 2.05) is 13.8 Å². The average Bonchev–Trinajstić information content (AvgIpc) is 2.13. The molecular weight excluding hydrogens is 248 g/mol. The summed E-state index contributed by atoms with van der Waals surface area (Å²) in [6.07, 6.45) is 3.66. The summed E-state index contributed by atoms with van der Waals surface area (Å²) in [6, 6.07) is 3.16. The lowest BCUT2D eigenvalue weighted by atomic mass is 9.82. The molecule has 0 fully saturated rings. The normalized spacial score (nSPS) is 13.6. The van der Waals surface area contributed by atoms with Crippen LogP contribution in [0.3, 0.4) is 0 Å². The Balaban J connectivity index is 2.90. The predicted molar refractivity (Wildman–Crippen MR) is 72.7 cm³/mol. The van der Waals surface area contributed by atoms with Gasteiger partial charge in [0.2, 0.25) is 10.0 Å². The lowest BCUT2D eigenvalue weighted by Crippen LogP contribution is -2.45. The number of sulfonamides is 1. The molecule has 0 saturated carbocycles. The van der Waals surface area contributed by atoms with Crippen molar-refractivity contribution in [3.63, 3.8) is 0 Å². The van der Waals surface area contributed by atoms with Gasteiger partial charge in [-0.05, 0) is 37.8 Å². The first kappa shape index (κ1) is 15.1. The molecule has 0 aliphatic carbocycles. The van der Waals surface area contributed by atoms with Crippen molar-refractivity contribution in [3.8, 4) is 0 Å². The molecule has 4 nitrogen and oxygen atoms in total. The van der Waals surface area contributed by atoms with Crippen LogP contribution in [0.4, 0.5) is 0 Å². The van der Waals surface area contributed by atoms with Crippen LogP contribution in [0.5, 0.6) is 0 Å². The SMILES string of the molecule is CC(C)(C)CC(C)(C)NS(=O)(=O)c1cccnc1. The monoisotopic (exact) mass is 270 g/mol. The second kappa shape index (κ2) is 4.97. The largest absolute Gasteiger partial charge is 0.263 e. The summed E-state index contributed by atoms with van der Waals surface area (Å²) in [5.74, 6) is 0. The highest BCUT2D eigenvalue weighted by Crippen LogP contribution is 2.28. The van der Waals surface area contributed by atoms with E-state index in [0.717, 1.165) is 6.42 Å². The second-order valence-electron chi connectivity index (χ2n) is 6.42. The van der Waals surface area contributed by atoms with Crippen molar-refractivity contribution >= 4 is 10.0 Å². The minimum atomic E-state index is -3.50. The summed E-state index contributed by atoms with van der Waals surface area (Å²) in [6.45, 7) is 10.1. The highest BCUT2D eigenvalue weighted by molar-refractivity contribution is 7.89. The smallest absolute Gasteiger partial charge is 0.242 e. The molecule has 0 aromatic carbocycles. The fourth-order valence-corrected chi connectivity index (χ4v) is 3.67. The maximum atomic E-state index is 12.2. The van der Waals surface area contributed by atoms with Gasteiger partial charge in [-0.3, -0.25) is 4.98 Å². The van der Waals surface area contributed by atoms with Crippen LogP contribution >= 0.6 is 0 Å². The lowest BCUT2D eigenvalue weighted by molar-refractivity contribution is 0.269. The van der Waals surface area contributed by atoms with E-state index >= 15 is 0 Å². The van der Waals surface area contributed by atoms with E-state index in [0.29, 0.717) is 0 Å². The Bertz CT molecular complexity index is 487. The highest BCUT2D eigenvalue weighted by atomic mass is 32.2. The van der Waals surface area contributed by atoms with E-state index < -0.39 is 15.6 Å². The van der Waals surface area contributed by atoms with Crippen LogP contribution < -0.4 is 4.72 Å². The van der Waals surface area contributed by atoms with E-state index in [2.05, 4.69) is 30.5 Å². The van der Waals surface area contributed by atoms with E-state index in [4.69, 9.17) is 0 Å². The molecule has 0 unspecified atom stereocenters. The number of nitrogens with zero attached hydrogens (tertiary/aromatic N) is 1. The van der Waals surface area contributed by atoms with Gasteiger partial charge in [-0.25, -0.2) is 13.1 Å². The molecule has 0 aliphatic rings. The molecule has 1 rings (SSSR count). The van der Waals surface area contributed by atoms with Crippen molar-refractivity contribution in [2.24, 2.45) is 5.41 Å². The molecule has 0 radical (unpaired) electrons. The van der Waals surface area contributed by atoms with Crippen LogP contribution in [0.1, 0.15) is 41.0 Å². The fraction of sp³-hybridized carbons (Fsp3) is 0.615. The van der Waals surface area contributed by atoms with Crippen LogP contribution in [0.15, 0.2) is 29.4 Å². The molecule has 0 bridgehead atoms. The van der Waals surface area contributed by atoms with E-state index in [-0.39, 0.29) is 10.3 Å². The van der Waals surface area contributed by atoms with Crippen LogP contribution in [0, 0.1) is 5.41 Å². The number of nitrogens with one attached hydrogen (secondary N) is 1. The van der Waals surface area contributed by atoms with E-state index in [9.17, 15) is 8.42 Å². The summed E-state index contributed by atoms with van der Waals surface area (Å²) < 4.78 is 27.1. The molecule has 1 heterocycles. The highest BCUT2D eigenvalue weighted by Gasteiger charge is 2.30. The van der Waals surface area contributed by atoms with Gasteiger partial charge in [0.1, 0.15) is 4.90 Å². The van der Waals surface area contributed by atoms with Gasteiger partial charge >= 0.3 is 0 Å². The van der Waals surface area contributed by atoms with Gasteiger partial charge in [0.15, 0.2) is 0 Å². The summed E-state index contributed by atoms with van der Waals surface area (Å²) >= 11 is 0. The Morgan fingerprint density at radius 3 is 2.28 bits per heavy atom. The molecule has 0 aliphatic heterocycles. The van der Waals surface area contributed by atoms with Crippen molar-refractivity contribution in [3.05, 3.63) is 24.5 Å². The van der Waals surface area contributed by atoms with Crippen LogP contribution in [-0.2, 0) is 10.0 Å². The molecule has 1 N–H and O–H groups in total. The average molecular weight is 270 g/mol. The van der Waals surface area contributed by atoms with Crippen molar-refractivity contribution < 1.29 is 8.42 Å². The first-order chi connectivity index (χ1) is 8.02. The molecule has 0 saturated heterocycles. The van der Waals surface area contributed by atoms with Gasteiger partial charge in [-0.1, -0.05) is 20.8 Å². The molecule has 5 heteroatoms. The maximum absolute atomic E-state index is 12.2. The summed E-state index contributed by atoms with van der Waals surface area (Å²) in [5.41, 5.74) is -0.437. The van der Waals surface area contributed by atoms with Crippen molar-refractivity contribution in [1.82, 2.24) is 9.71 Å². The Hall–Kier alpha value is -0.940. The molecule has 0 atom stereocenters. The topological polar surface area (TPSA) is 59.1 Å². The standard InChI is InChI=1S/C13H22N2O2S/c1-12(2,3)10-13(4,5)15-18(16,17)11-7-6-8-14-9-11/h6-9,15H,10H2,1-5H3. The zero-order chi connectivity index (χ0) is 14.0. The number of aromatic nitrogens is 1. The summed E-state index contributed by atoms with van der Waals surface area (Å²) in [5, 5.41) is 0. The van der Waals surface area contributed by atoms with Gasteiger partial charge in [0.05, 0.1) is 0 Å². The Kier molecular flexibility index (Phi) is 4.18. The van der Waals surface area contributed by atoms with Crippen LogP contribution in [0.25, 0.3) is 0 Å². The van der Waals surface area contributed by atoms with Crippen LogP contribution in [-0.4, -0.2) is 18.9 Å². The first-order valence-electron chi connectivity index (χ1n) is 5.96. The Morgan fingerprint density at radius 2 is 1.83 bits per heavy atom. The third-order valence-corrected chi connectivity index (χ3v) is 4.01. The van der Waals surface area contributed by atoms with E-state index in [1.54, 1.807) is 18.3 Å². The number of rotatable bonds is 4. The number of hydrogen-bond donors (Lipinski definition) is 1. The molecule has 0 spiro atoms. The van der Waals surface area contributed by atoms with Gasteiger partial charge < -0.3 is 0 Å². The van der Waals surface area contributed by atoms with Crippen molar-refractivity contribution in [1.29, 1.82) is 0 Å². The zero-order valence-corrected chi connectivity index (χ0v) is 12.5. The predicted octanol–water partition coefficient (Wildman–Crippen LogP) is 2.57. The molecule has 18 heavy (non-hydrogen) atoms. The van der Waals surface area contributed by atoms with Gasteiger partial charge in [-0.15, -0.1) is 0 Å². The maximum Gasteiger partial charge on any atom is 0.242 e. The van der Waals surface area contributed by atoms with Gasteiger partial charge in [-0.2, -0.15) is 0 Å². The van der Waals surface area contributed by atoms with Crippen LogP contribution in [0.2, 0.25) is 0 Å². The number of hydrogen-bond acceptors (Lipinski definition) is 3. The van der Waals surface area contributed by atoms with Gasteiger partial charge in [0.25, 0.3) is 0 Å². The van der Waals surface area contributed by atoms with Gasteiger partial charge in [0, 0.05) is 17.9 Å². The lowest BCUT2D eigenvalue weighted by Gasteiger charge is -2.32. The molecule has 102 valence electrons. The quantitative estimate of drug-likeness (QED) is 0.914. The number of pyridine rings is 1. The molecular formula is C13H22N2O2S. The third-order valence-electron chi connectivity index (χ3n) is 2.33.